The Morgan fingerprint density at radius 3 is 2.43 bits per heavy atom. The molecule has 4 rings (SSSR count). The maximum absolute atomic E-state index is 13.0. The number of halogens is 2. The number of carbonyl (C=O) groups excluding carboxylic acids is 1. The van der Waals surface area contributed by atoms with Crippen molar-refractivity contribution < 1.29 is 4.79 Å². The van der Waals surface area contributed by atoms with Crippen LogP contribution in [0.15, 0.2) is 79.0 Å². The largest absolute Gasteiger partial charge is 0.361 e. The normalized spacial score (nSPS) is 13.2. The van der Waals surface area contributed by atoms with Crippen LogP contribution in [0.1, 0.15) is 42.0 Å². The maximum Gasteiger partial charge on any atom is 0.221 e. The van der Waals surface area contributed by atoms with E-state index in [0.717, 1.165) is 27.6 Å². The Balaban J connectivity index is 1.65. The third-order valence-electron chi connectivity index (χ3n) is 5.41. The van der Waals surface area contributed by atoms with Crippen LogP contribution in [0.5, 0.6) is 0 Å². The molecule has 152 valence electrons. The number of fused-ring (bicyclic) bond motifs is 1. The number of para-hydroxylation sites is 1. The van der Waals surface area contributed by atoms with Crippen LogP contribution >= 0.6 is 23.2 Å². The highest BCUT2D eigenvalue weighted by Crippen LogP contribution is 2.36. The smallest absolute Gasteiger partial charge is 0.221 e. The molecule has 0 saturated carbocycles. The van der Waals surface area contributed by atoms with Crippen LogP contribution in [-0.2, 0) is 4.79 Å². The molecular formula is C25H22Cl2N2O. The van der Waals surface area contributed by atoms with Crippen LogP contribution in [-0.4, -0.2) is 10.9 Å². The standard InChI is InChI=1S/C25H22Cl2N2O/c1-16(17-7-3-2-4-8-17)29-25(30)14-20(18-11-12-22(26)23(27)13-18)21-15-28-24-10-6-5-9-19(21)24/h2-13,15-16,20,28H,14H2,1H3,(H,29,30)/t16-,20+/m0/s1. The molecule has 0 saturated heterocycles. The van der Waals surface area contributed by atoms with Gasteiger partial charge in [0.1, 0.15) is 0 Å². The molecule has 0 unspecified atom stereocenters. The van der Waals surface area contributed by atoms with Crippen LogP contribution < -0.4 is 5.32 Å². The number of hydrogen-bond acceptors (Lipinski definition) is 1. The van der Waals surface area contributed by atoms with Crippen molar-refractivity contribution in [2.45, 2.75) is 25.3 Å². The first-order valence-electron chi connectivity index (χ1n) is 9.88. The number of carbonyl (C=O) groups is 1. The molecule has 1 aromatic heterocycles. The second-order valence-corrected chi connectivity index (χ2v) is 8.23. The van der Waals surface area contributed by atoms with Gasteiger partial charge in [0.2, 0.25) is 5.91 Å². The van der Waals surface area contributed by atoms with E-state index < -0.39 is 0 Å². The van der Waals surface area contributed by atoms with E-state index in [1.165, 1.54) is 0 Å². The van der Waals surface area contributed by atoms with E-state index in [1.54, 1.807) is 6.07 Å². The lowest BCUT2D eigenvalue weighted by atomic mass is 9.88. The van der Waals surface area contributed by atoms with E-state index in [2.05, 4.69) is 16.4 Å². The molecule has 0 bridgehead atoms. The molecule has 1 heterocycles. The van der Waals surface area contributed by atoms with Crippen molar-refractivity contribution in [3.05, 3.63) is 106 Å². The first-order valence-corrected chi connectivity index (χ1v) is 10.6. The molecule has 3 nitrogen and oxygen atoms in total. The molecule has 4 aromatic rings. The first kappa shape index (κ1) is 20.5. The number of H-pyrrole nitrogens is 1. The van der Waals surface area contributed by atoms with Crippen LogP contribution in [0.25, 0.3) is 10.9 Å². The van der Waals surface area contributed by atoms with Gasteiger partial charge in [-0.05, 0) is 41.8 Å². The van der Waals surface area contributed by atoms with Gasteiger partial charge >= 0.3 is 0 Å². The van der Waals surface area contributed by atoms with Gasteiger partial charge in [0, 0.05) is 29.4 Å². The highest BCUT2D eigenvalue weighted by atomic mass is 35.5. The molecule has 1 amide bonds. The van der Waals surface area contributed by atoms with E-state index in [1.807, 2.05) is 73.8 Å². The molecule has 30 heavy (non-hydrogen) atoms. The molecule has 0 aliphatic rings. The SMILES string of the molecule is C[C@H](NC(=O)C[C@H](c1ccc(Cl)c(Cl)c1)c1c[nH]c2ccccc12)c1ccccc1. The summed E-state index contributed by atoms with van der Waals surface area (Å²) in [5.41, 5.74) is 4.13. The summed E-state index contributed by atoms with van der Waals surface area (Å²) in [6.07, 6.45) is 2.28. The number of aromatic amines is 1. The summed E-state index contributed by atoms with van der Waals surface area (Å²) < 4.78 is 0. The Hall–Kier alpha value is -2.75. The third-order valence-corrected chi connectivity index (χ3v) is 6.15. The average molecular weight is 437 g/mol. The predicted molar refractivity (Wildman–Crippen MR) is 124 cm³/mol. The van der Waals surface area contributed by atoms with Crippen molar-refractivity contribution in [1.82, 2.24) is 10.3 Å². The zero-order chi connectivity index (χ0) is 21.1. The maximum atomic E-state index is 13.0. The minimum atomic E-state index is -0.154. The number of amides is 1. The summed E-state index contributed by atoms with van der Waals surface area (Å²) in [4.78, 5) is 16.3. The Morgan fingerprint density at radius 2 is 1.67 bits per heavy atom. The second kappa shape index (κ2) is 8.95. The van der Waals surface area contributed by atoms with E-state index in [9.17, 15) is 4.79 Å². The third kappa shape index (κ3) is 4.38. The Labute approximate surface area is 186 Å². The molecule has 0 fully saturated rings. The molecule has 3 aromatic carbocycles. The summed E-state index contributed by atoms with van der Waals surface area (Å²) in [5.74, 6) is -0.174. The second-order valence-electron chi connectivity index (χ2n) is 7.42. The fraction of sp³-hybridized carbons (Fsp3) is 0.160. The van der Waals surface area contributed by atoms with Crippen molar-refractivity contribution in [1.29, 1.82) is 0 Å². The fourth-order valence-electron chi connectivity index (χ4n) is 3.83. The highest BCUT2D eigenvalue weighted by molar-refractivity contribution is 6.42. The van der Waals surface area contributed by atoms with Gasteiger partial charge in [-0.3, -0.25) is 4.79 Å². The molecule has 5 heteroatoms. The van der Waals surface area contributed by atoms with Gasteiger partial charge in [0.15, 0.2) is 0 Å². The minimum Gasteiger partial charge on any atom is -0.361 e. The van der Waals surface area contributed by atoms with E-state index in [-0.39, 0.29) is 17.9 Å². The van der Waals surface area contributed by atoms with Gasteiger partial charge in [0.25, 0.3) is 0 Å². The zero-order valence-electron chi connectivity index (χ0n) is 16.5. The summed E-state index contributed by atoms with van der Waals surface area (Å²) in [6, 6.07) is 23.5. The fourth-order valence-corrected chi connectivity index (χ4v) is 4.14. The Kier molecular flexibility index (Phi) is 6.12. The lowest BCUT2D eigenvalue weighted by Gasteiger charge is -2.20. The Morgan fingerprint density at radius 1 is 0.933 bits per heavy atom. The predicted octanol–water partition coefficient (Wildman–Crippen LogP) is 6.87. The number of nitrogens with one attached hydrogen (secondary N) is 2. The topological polar surface area (TPSA) is 44.9 Å². The summed E-state index contributed by atoms with van der Waals surface area (Å²) in [5, 5.41) is 5.20. The van der Waals surface area contributed by atoms with Crippen molar-refractivity contribution >= 4 is 40.0 Å². The zero-order valence-corrected chi connectivity index (χ0v) is 18.0. The quantitative estimate of drug-likeness (QED) is 0.340. The summed E-state index contributed by atoms with van der Waals surface area (Å²) in [6.45, 7) is 1.99. The summed E-state index contributed by atoms with van der Waals surface area (Å²) >= 11 is 12.4. The number of aromatic nitrogens is 1. The van der Waals surface area contributed by atoms with Crippen molar-refractivity contribution in [3.63, 3.8) is 0 Å². The summed E-state index contributed by atoms with van der Waals surface area (Å²) in [7, 11) is 0. The lowest BCUT2D eigenvalue weighted by molar-refractivity contribution is -0.121. The van der Waals surface area contributed by atoms with Gasteiger partial charge < -0.3 is 10.3 Å². The van der Waals surface area contributed by atoms with Crippen LogP contribution in [0.4, 0.5) is 0 Å². The van der Waals surface area contributed by atoms with Crippen LogP contribution in [0.2, 0.25) is 10.0 Å². The lowest BCUT2D eigenvalue weighted by Crippen LogP contribution is -2.28. The average Bonchev–Trinajstić information content (AvgIpc) is 3.18. The van der Waals surface area contributed by atoms with Crippen molar-refractivity contribution in [2.75, 3.05) is 0 Å². The van der Waals surface area contributed by atoms with Crippen LogP contribution in [0.3, 0.4) is 0 Å². The van der Waals surface area contributed by atoms with Gasteiger partial charge in [-0.2, -0.15) is 0 Å². The monoisotopic (exact) mass is 436 g/mol. The molecule has 0 radical (unpaired) electrons. The highest BCUT2D eigenvalue weighted by Gasteiger charge is 2.23. The number of hydrogen-bond donors (Lipinski definition) is 2. The van der Waals surface area contributed by atoms with Gasteiger partial charge in [-0.25, -0.2) is 0 Å². The van der Waals surface area contributed by atoms with Crippen molar-refractivity contribution in [3.8, 4) is 0 Å². The molecule has 0 aliphatic heterocycles. The van der Waals surface area contributed by atoms with Gasteiger partial charge in [-0.1, -0.05) is 77.8 Å². The Bertz CT molecular complexity index is 1170. The van der Waals surface area contributed by atoms with E-state index >= 15 is 0 Å². The van der Waals surface area contributed by atoms with E-state index in [0.29, 0.717) is 16.5 Å². The molecule has 0 spiro atoms. The number of rotatable bonds is 6. The minimum absolute atomic E-state index is 0.0206. The first-order chi connectivity index (χ1) is 14.5. The van der Waals surface area contributed by atoms with Gasteiger partial charge in [0.05, 0.1) is 16.1 Å². The van der Waals surface area contributed by atoms with Crippen molar-refractivity contribution in [2.24, 2.45) is 0 Å². The molecule has 0 aliphatic carbocycles. The van der Waals surface area contributed by atoms with Gasteiger partial charge in [-0.15, -0.1) is 0 Å². The molecule has 2 atom stereocenters. The van der Waals surface area contributed by atoms with E-state index in [4.69, 9.17) is 23.2 Å². The van der Waals surface area contributed by atoms with Crippen LogP contribution in [0, 0.1) is 0 Å². The molecular weight excluding hydrogens is 415 g/mol. The number of benzene rings is 3. The molecule has 2 N–H and O–H groups in total.